The number of carbonyl (C=O) groups is 1. The van der Waals surface area contributed by atoms with E-state index in [4.69, 9.17) is 4.74 Å². The number of thiophene rings is 1. The fourth-order valence-corrected chi connectivity index (χ4v) is 4.90. The molecule has 1 N–H and O–H groups in total. The summed E-state index contributed by atoms with van der Waals surface area (Å²) in [5.74, 6) is 1.000. The molecule has 1 amide bonds. The summed E-state index contributed by atoms with van der Waals surface area (Å²) in [6, 6.07) is 0.196. The number of aryl methyl sites for hydroxylation is 1. The first-order valence-electron chi connectivity index (χ1n) is 9.81. The first-order chi connectivity index (χ1) is 12.9. The lowest BCUT2D eigenvalue weighted by Crippen LogP contribution is -2.43. The highest BCUT2D eigenvalue weighted by Crippen LogP contribution is 2.31. The molecule has 6 nitrogen and oxygen atoms in total. The second kappa shape index (κ2) is 8.52. The number of hydrogen-bond donors (Lipinski definition) is 1. The molecule has 3 atom stereocenters. The normalized spacial score (nSPS) is 22.9. The fraction of sp³-hybridized carbons (Fsp3) is 0.650. The van der Waals surface area contributed by atoms with E-state index in [1.165, 1.54) is 17.8 Å². The van der Waals surface area contributed by atoms with E-state index in [0.717, 1.165) is 18.4 Å². The third-order valence-electron chi connectivity index (χ3n) is 5.83. The second-order valence-corrected chi connectivity index (χ2v) is 8.52. The Kier molecular flexibility index (Phi) is 6.32. The monoisotopic (exact) mass is 391 g/mol. The minimum atomic E-state index is -0.104. The molecule has 2 aromatic rings. The van der Waals surface area contributed by atoms with E-state index in [9.17, 15) is 9.59 Å². The molecular weight excluding hydrogens is 362 g/mol. The van der Waals surface area contributed by atoms with Crippen LogP contribution < -0.4 is 10.9 Å². The van der Waals surface area contributed by atoms with Crippen LogP contribution >= 0.6 is 11.3 Å². The number of nitrogens with zero attached hydrogens (tertiary/aromatic N) is 2. The van der Waals surface area contributed by atoms with Crippen LogP contribution in [0.5, 0.6) is 0 Å². The fourth-order valence-electron chi connectivity index (χ4n) is 3.86. The van der Waals surface area contributed by atoms with Gasteiger partial charge in [0.15, 0.2) is 0 Å². The van der Waals surface area contributed by atoms with Gasteiger partial charge in [0.25, 0.3) is 11.5 Å². The number of nitrogens with one attached hydrogen (secondary N) is 1. The Labute approximate surface area is 163 Å². The van der Waals surface area contributed by atoms with Gasteiger partial charge in [0, 0.05) is 12.6 Å². The van der Waals surface area contributed by atoms with Crippen molar-refractivity contribution in [2.24, 2.45) is 11.8 Å². The van der Waals surface area contributed by atoms with Crippen molar-refractivity contribution in [1.29, 1.82) is 0 Å². The van der Waals surface area contributed by atoms with Crippen molar-refractivity contribution in [2.75, 3.05) is 13.2 Å². The Morgan fingerprint density at radius 2 is 2.19 bits per heavy atom. The third kappa shape index (κ3) is 4.09. The number of hydrogen-bond acceptors (Lipinski definition) is 5. The molecule has 0 bridgehead atoms. The van der Waals surface area contributed by atoms with Crippen LogP contribution in [0.1, 0.15) is 55.3 Å². The Morgan fingerprint density at radius 3 is 2.93 bits per heavy atom. The molecule has 1 aliphatic rings. The maximum atomic E-state index is 12.9. The average molecular weight is 392 g/mol. The van der Waals surface area contributed by atoms with E-state index < -0.39 is 0 Å². The minimum Gasteiger partial charge on any atom is -0.380 e. The second-order valence-electron chi connectivity index (χ2n) is 7.52. The molecule has 1 aliphatic carbocycles. The van der Waals surface area contributed by atoms with E-state index >= 15 is 0 Å². The van der Waals surface area contributed by atoms with Crippen LogP contribution in [0.25, 0.3) is 10.2 Å². The topological polar surface area (TPSA) is 73.2 Å². The van der Waals surface area contributed by atoms with Gasteiger partial charge in [-0.05, 0) is 37.7 Å². The van der Waals surface area contributed by atoms with Crippen molar-refractivity contribution in [1.82, 2.24) is 14.9 Å². The smallest absolute Gasteiger partial charge is 0.262 e. The molecule has 148 valence electrons. The van der Waals surface area contributed by atoms with Crippen LogP contribution in [0.3, 0.4) is 0 Å². The Balaban J connectivity index is 1.84. The largest absolute Gasteiger partial charge is 0.380 e. The lowest BCUT2D eigenvalue weighted by molar-refractivity contribution is 0.0894. The van der Waals surface area contributed by atoms with Gasteiger partial charge in [0.05, 0.1) is 29.7 Å². The van der Waals surface area contributed by atoms with Crippen molar-refractivity contribution >= 4 is 27.5 Å². The van der Waals surface area contributed by atoms with Gasteiger partial charge in [-0.1, -0.05) is 26.7 Å². The zero-order valence-corrected chi connectivity index (χ0v) is 17.4. The third-order valence-corrected chi connectivity index (χ3v) is 7.03. The van der Waals surface area contributed by atoms with Crippen LogP contribution in [0.15, 0.2) is 11.1 Å². The summed E-state index contributed by atoms with van der Waals surface area (Å²) in [7, 11) is 0. The number of amides is 1. The SMILES string of the molecule is CCOCCn1cnc2sc(C(=O)NC3CCCC(C)C3C)c(C)c2c1=O. The summed E-state index contributed by atoms with van der Waals surface area (Å²) in [6.07, 6.45) is 4.94. The van der Waals surface area contributed by atoms with E-state index in [2.05, 4.69) is 24.1 Å². The van der Waals surface area contributed by atoms with E-state index in [1.54, 1.807) is 10.9 Å². The first-order valence-corrected chi connectivity index (χ1v) is 10.6. The maximum absolute atomic E-state index is 12.9. The van der Waals surface area contributed by atoms with Crippen LogP contribution in [0.2, 0.25) is 0 Å². The van der Waals surface area contributed by atoms with Crippen molar-refractivity contribution in [3.63, 3.8) is 0 Å². The molecule has 7 heteroatoms. The van der Waals surface area contributed by atoms with Gasteiger partial charge in [0.2, 0.25) is 0 Å². The summed E-state index contributed by atoms with van der Waals surface area (Å²) >= 11 is 1.31. The number of ether oxygens (including phenoxy) is 1. The summed E-state index contributed by atoms with van der Waals surface area (Å²) in [6.45, 7) is 9.78. The van der Waals surface area contributed by atoms with E-state index in [-0.39, 0.29) is 17.5 Å². The zero-order chi connectivity index (χ0) is 19.6. The van der Waals surface area contributed by atoms with Gasteiger partial charge in [-0.3, -0.25) is 14.2 Å². The highest BCUT2D eigenvalue weighted by molar-refractivity contribution is 7.20. The molecule has 0 saturated heterocycles. The predicted octanol–water partition coefficient (Wildman–Crippen LogP) is 3.36. The van der Waals surface area contributed by atoms with Gasteiger partial charge in [-0.15, -0.1) is 11.3 Å². The predicted molar refractivity (Wildman–Crippen MR) is 109 cm³/mol. The summed E-state index contributed by atoms with van der Waals surface area (Å²) < 4.78 is 6.89. The number of rotatable bonds is 6. The summed E-state index contributed by atoms with van der Waals surface area (Å²) in [4.78, 5) is 31.3. The van der Waals surface area contributed by atoms with Crippen molar-refractivity contribution < 1.29 is 9.53 Å². The maximum Gasteiger partial charge on any atom is 0.262 e. The molecule has 2 aromatic heterocycles. The molecule has 2 heterocycles. The molecule has 1 saturated carbocycles. The number of carbonyl (C=O) groups excluding carboxylic acids is 1. The molecule has 27 heavy (non-hydrogen) atoms. The Morgan fingerprint density at radius 1 is 1.41 bits per heavy atom. The molecule has 0 aromatic carbocycles. The van der Waals surface area contributed by atoms with Gasteiger partial charge < -0.3 is 10.1 Å². The van der Waals surface area contributed by atoms with Crippen LogP contribution in [-0.4, -0.2) is 34.7 Å². The van der Waals surface area contributed by atoms with E-state index in [1.807, 2.05) is 13.8 Å². The van der Waals surface area contributed by atoms with Crippen molar-refractivity contribution in [3.05, 3.63) is 27.1 Å². The van der Waals surface area contributed by atoms with Crippen LogP contribution in [0.4, 0.5) is 0 Å². The molecule has 0 radical (unpaired) electrons. The zero-order valence-electron chi connectivity index (χ0n) is 16.6. The molecule has 3 rings (SSSR count). The summed E-state index contributed by atoms with van der Waals surface area (Å²) in [5, 5.41) is 3.76. The van der Waals surface area contributed by atoms with Gasteiger partial charge >= 0.3 is 0 Å². The Hall–Kier alpha value is -1.73. The lowest BCUT2D eigenvalue weighted by atomic mass is 9.78. The van der Waals surface area contributed by atoms with Gasteiger partial charge in [-0.2, -0.15) is 0 Å². The Bertz CT molecular complexity index is 873. The molecular formula is C20H29N3O3S. The van der Waals surface area contributed by atoms with Crippen LogP contribution in [0, 0.1) is 18.8 Å². The van der Waals surface area contributed by atoms with Crippen molar-refractivity contribution in [3.8, 4) is 0 Å². The minimum absolute atomic E-state index is 0.0817. The molecule has 0 aliphatic heterocycles. The van der Waals surface area contributed by atoms with Crippen molar-refractivity contribution in [2.45, 2.75) is 59.5 Å². The average Bonchev–Trinajstić information content (AvgIpc) is 2.98. The first kappa shape index (κ1) is 20.0. The molecule has 1 fully saturated rings. The number of aromatic nitrogens is 2. The lowest BCUT2D eigenvalue weighted by Gasteiger charge is -2.34. The van der Waals surface area contributed by atoms with E-state index in [0.29, 0.717) is 46.7 Å². The highest BCUT2D eigenvalue weighted by Gasteiger charge is 2.29. The number of fused-ring (bicyclic) bond motifs is 1. The molecule has 3 unspecified atom stereocenters. The van der Waals surface area contributed by atoms with Crippen LogP contribution in [-0.2, 0) is 11.3 Å². The highest BCUT2D eigenvalue weighted by atomic mass is 32.1. The quantitative estimate of drug-likeness (QED) is 0.767. The molecule has 0 spiro atoms. The van der Waals surface area contributed by atoms with Gasteiger partial charge in [0.1, 0.15) is 4.83 Å². The van der Waals surface area contributed by atoms with Gasteiger partial charge in [-0.25, -0.2) is 4.98 Å². The standard InChI is InChI=1S/C20H29N3O3S/c1-5-26-10-9-23-11-21-19-16(20(23)25)14(4)17(27-19)18(24)22-15-8-6-7-12(2)13(15)3/h11-13,15H,5-10H2,1-4H3,(H,22,24). The summed E-state index contributed by atoms with van der Waals surface area (Å²) in [5.41, 5.74) is 0.624.